The van der Waals surface area contributed by atoms with Gasteiger partial charge in [-0.25, -0.2) is 0 Å². The molecule has 5 nitrogen and oxygen atoms in total. The molecule has 0 saturated carbocycles. The van der Waals surface area contributed by atoms with Crippen LogP contribution in [-0.2, 0) is 0 Å². The van der Waals surface area contributed by atoms with Gasteiger partial charge in [0.15, 0.2) is 12.1 Å². The minimum atomic E-state index is -0.260. The fraction of sp³-hybridized carbons (Fsp3) is 0. The molecule has 0 aromatic carbocycles. The number of hydrogen-bond acceptors (Lipinski definition) is 4. The fourth-order valence-corrected chi connectivity index (χ4v) is 0.605. The second-order valence-electron chi connectivity index (χ2n) is 1.65. The summed E-state index contributed by atoms with van der Waals surface area (Å²) in [7, 11) is 0. The summed E-state index contributed by atoms with van der Waals surface area (Å²) < 4.78 is 0. The van der Waals surface area contributed by atoms with Crippen molar-refractivity contribution in [3.05, 3.63) is 16.7 Å². The largest absolute Gasteiger partial charge is 0.506 e. The Balaban J connectivity index is 3.25. The molecule has 0 amide bonds. The van der Waals surface area contributed by atoms with E-state index in [0.29, 0.717) is 6.29 Å². The minimum absolute atomic E-state index is 0.102. The van der Waals surface area contributed by atoms with Crippen molar-refractivity contribution in [1.82, 2.24) is 4.98 Å². The van der Waals surface area contributed by atoms with Gasteiger partial charge in [-0.1, -0.05) is 0 Å². The van der Waals surface area contributed by atoms with Crippen LogP contribution in [0.3, 0.4) is 0 Å². The van der Waals surface area contributed by atoms with Crippen molar-refractivity contribution in [1.29, 1.82) is 0 Å². The van der Waals surface area contributed by atoms with Crippen LogP contribution in [0.5, 0.6) is 5.75 Å². The Kier molecular flexibility index (Phi) is 1.49. The van der Waals surface area contributed by atoms with Gasteiger partial charge in [-0.05, 0) is 5.18 Å². The van der Waals surface area contributed by atoms with E-state index < -0.39 is 0 Å². The molecule has 1 rings (SSSR count). The molecular weight excluding hydrogens is 136 g/mol. The van der Waals surface area contributed by atoms with E-state index in [1.54, 1.807) is 0 Å². The Morgan fingerprint density at radius 2 is 2.40 bits per heavy atom. The molecule has 1 aromatic rings. The third kappa shape index (κ3) is 0.771. The summed E-state index contributed by atoms with van der Waals surface area (Å²) in [5.41, 5.74) is -0.102. The minimum Gasteiger partial charge on any atom is -0.506 e. The second-order valence-corrected chi connectivity index (χ2v) is 1.65. The summed E-state index contributed by atoms with van der Waals surface area (Å²) in [6, 6.07) is 0. The zero-order valence-electron chi connectivity index (χ0n) is 4.87. The SMILES string of the molecule is O=Cc1c(O)c[nH]c1N=O. The van der Waals surface area contributed by atoms with Gasteiger partial charge in [0, 0.05) is 6.20 Å². The maximum atomic E-state index is 10.1. The number of carbonyl (C=O) groups is 1. The Hall–Kier alpha value is -1.65. The van der Waals surface area contributed by atoms with Gasteiger partial charge in [-0.3, -0.25) is 4.79 Å². The Labute approximate surface area is 55.7 Å². The van der Waals surface area contributed by atoms with E-state index in [1.807, 2.05) is 0 Å². The van der Waals surface area contributed by atoms with Crippen molar-refractivity contribution >= 4 is 12.1 Å². The van der Waals surface area contributed by atoms with E-state index in [2.05, 4.69) is 10.2 Å². The van der Waals surface area contributed by atoms with Crippen molar-refractivity contribution < 1.29 is 9.90 Å². The molecule has 1 aromatic heterocycles. The second kappa shape index (κ2) is 2.30. The number of aromatic hydroxyl groups is 1. The maximum Gasteiger partial charge on any atom is 0.189 e. The lowest BCUT2D eigenvalue weighted by Crippen LogP contribution is -1.73. The molecule has 0 radical (unpaired) electrons. The number of aromatic amines is 1. The molecule has 10 heavy (non-hydrogen) atoms. The van der Waals surface area contributed by atoms with Crippen LogP contribution in [0.2, 0.25) is 0 Å². The summed E-state index contributed by atoms with van der Waals surface area (Å²) >= 11 is 0. The lowest BCUT2D eigenvalue weighted by atomic mass is 10.3. The first-order chi connectivity index (χ1) is 4.79. The van der Waals surface area contributed by atoms with Gasteiger partial charge in [0.2, 0.25) is 0 Å². The van der Waals surface area contributed by atoms with Gasteiger partial charge in [0.1, 0.15) is 11.3 Å². The lowest BCUT2D eigenvalue weighted by molar-refractivity contribution is 0.112. The zero-order valence-corrected chi connectivity index (χ0v) is 4.87. The zero-order chi connectivity index (χ0) is 7.56. The van der Waals surface area contributed by atoms with Crippen LogP contribution in [0.4, 0.5) is 5.82 Å². The molecule has 0 unspecified atom stereocenters. The van der Waals surface area contributed by atoms with Gasteiger partial charge in [0.25, 0.3) is 0 Å². The van der Waals surface area contributed by atoms with E-state index in [4.69, 9.17) is 5.11 Å². The van der Waals surface area contributed by atoms with Gasteiger partial charge >= 0.3 is 0 Å². The molecule has 1 heterocycles. The normalized spacial score (nSPS) is 9.20. The number of H-pyrrole nitrogens is 1. The van der Waals surface area contributed by atoms with Crippen molar-refractivity contribution in [2.24, 2.45) is 5.18 Å². The predicted octanol–water partition coefficient (Wildman–Crippen LogP) is 0.931. The summed E-state index contributed by atoms with van der Waals surface area (Å²) in [4.78, 5) is 22.3. The molecule has 0 aliphatic carbocycles. The molecule has 0 fully saturated rings. The smallest absolute Gasteiger partial charge is 0.189 e. The summed E-state index contributed by atoms with van der Waals surface area (Å²) in [6.07, 6.45) is 1.49. The first-order valence-electron chi connectivity index (χ1n) is 2.48. The first-order valence-corrected chi connectivity index (χ1v) is 2.48. The molecule has 5 heteroatoms. The Morgan fingerprint density at radius 1 is 1.70 bits per heavy atom. The molecule has 52 valence electrons. The molecule has 0 saturated heterocycles. The quantitative estimate of drug-likeness (QED) is 0.473. The van der Waals surface area contributed by atoms with E-state index in [9.17, 15) is 9.70 Å². The number of aldehydes is 1. The number of nitrogens with zero attached hydrogens (tertiary/aromatic N) is 1. The molecule has 0 bridgehead atoms. The molecule has 0 spiro atoms. The predicted molar refractivity (Wildman–Crippen MR) is 33.3 cm³/mol. The van der Waals surface area contributed by atoms with Gasteiger partial charge < -0.3 is 10.1 Å². The molecule has 0 atom stereocenters. The maximum absolute atomic E-state index is 10.1. The van der Waals surface area contributed by atoms with Crippen LogP contribution < -0.4 is 0 Å². The van der Waals surface area contributed by atoms with E-state index in [1.165, 1.54) is 0 Å². The number of nitrogens with one attached hydrogen (secondary N) is 1. The van der Waals surface area contributed by atoms with Crippen LogP contribution in [0.25, 0.3) is 0 Å². The van der Waals surface area contributed by atoms with Crippen LogP contribution in [0.1, 0.15) is 10.4 Å². The van der Waals surface area contributed by atoms with Crippen molar-refractivity contribution in [3.63, 3.8) is 0 Å². The summed E-state index contributed by atoms with van der Waals surface area (Å²) in [5, 5.41) is 11.3. The van der Waals surface area contributed by atoms with Gasteiger partial charge in [0.05, 0.1) is 0 Å². The fourth-order valence-electron chi connectivity index (χ4n) is 0.605. The number of nitroso groups, excluding NO2 is 1. The van der Waals surface area contributed by atoms with E-state index >= 15 is 0 Å². The highest BCUT2D eigenvalue weighted by molar-refractivity contribution is 5.85. The molecule has 0 aliphatic rings. The molecular formula is C5H4N2O3. The van der Waals surface area contributed by atoms with Crippen molar-refractivity contribution in [2.75, 3.05) is 0 Å². The highest BCUT2D eigenvalue weighted by Gasteiger charge is 2.08. The first kappa shape index (κ1) is 6.47. The summed E-state index contributed by atoms with van der Waals surface area (Å²) in [5.74, 6) is -0.405. The molecule has 0 aliphatic heterocycles. The highest BCUT2D eigenvalue weighted by atomic mass is 16.3. The lowest BCUT2D eigenvalue weighted by Gasteiger charge is -1.82. The Bertz CT molecular complexity index is 266. The van der Waals surface area contributed by atoms with E-state index in [0.717, 1.165) is 6.20 Å². The number of carbonyl (C=O) groups excluding carboxylic acids is 1. The standard InChI is InChI=1S/C5H4N2O3/c8-2-3-4(9)1-6-5(3)7-10/h1-2,6,9H. The third-order valence-electron chi connectivity index (χ3n) is 1.09. The summed E-state index contributed by atoms with van der Waals surface area (Å²) in [6.45, 7) is 0. The average molecular weight is 140 g/mol. The topological polar surface area (TPSA) is 82.5 Å². The average Bonchev–Trinajstić information content (AvgIpc) is 2.30. The van der Waals surface area contributed by atoms with Crippen molar-refractivity contribution in [2.45, 2.75) is 0 Å². The van der Waals surface area contributed by atoms with Gasteiger partial charge in [-0.15, -0.1) is 4.91 Å². The number of hydrogen-bond donors (Lipinski definition) is 2. The van der Waals surface area contributed by atoms with Crippen LogP contribution >= 0.6 is 0 Å². The monoisotopic (exact) mass is 140 g/mol. The van der Waals surface area contributed by atoms with Crippen molar-refractivity contribution in [3.8, 4) is 5.75 Å². The Morgan fingerprint density at radius 3 is 2.80 bits per heavy atom. The van der Waals surface area contributed by atoms with Gasteiger partial charge in [-0.2, -0.15) is 0 Å². The van der Waals surface area contributed by atoms with Crippen LogP contribution in [-0.4, -0.2) is 16.4 Å². The number of aromatic nitrogens is 1. The highest BCUT2D eigenvalue weighted by Crippen LogP contribution is 2.24. The molecule has 2 N–H and O–H groups in total. The van der Waals surface area contributed by atoms with Crippen LogP contribution in [0.15, 0.2) is 11.4 Å². The number of rotatable bonds is 2. The van der Waals surface area contributed by atoms with E-state index in [-0.39, 0.29) is 17.1 Å². The van der Waals surface area contributed by atoms with Crippen LogP contribution in [0, 0.1) is 4.91 Å². The third-order valence-corrected chi connectivity index (χ3v) is 1.09.